The smallest absolute Gasteiger partial charge is 0.228 e. The Morgan fingerprint density at radius 2 is 1.86 bits per heavy atom. The van der Waals surface area contributed by atoms with Gasteiger partial charge >= 0.3 is 0 Å². The standard InChI is InChI=1S/C16H20N4O2/c1-12-4-3-5-20-11-14(17-16(12)20)10-15(22)19-8-6-18(7-9-19)13(2)21/h3-5,11H,6-10H2,1-2H3. The van der Waals surface area contributed by atoms with Crippen molar-refractivity contribution in [3.05, 3.63) is 35.8 Å². The Hall–Kier alpha value is -2.37. The molecule has 0 bridgehead atoms. The summed E-state index contributed by atoms with van der Waals surface area (Å²) in [6.45, 7) is 6.01. The summed E-state index contributed by atoms with van der Waals surface area (Å²) in [5.41, 5.74) is 2.77. The van der Waals surface area contributed by atoms with Crippen molar-refractivity contribution < 1.29 is 9.59 Å². The number of aromatic nitrogens is 2. The molecule has 2 aromatic rings. The van der Waals surface area contributed by atoms with Gasteiger partial charge in [0.05, 0.1) is 12.1 Å². The first-order chi connectivity index (χ1) is 10.5. The molecule has 1 fully saturated rings. The van der Waals surface area contributed by atoms with Gasteiger partial charge in [-0.15, -0.1) is 0 Å². The van der Waals surface area contributed by atoms with E-state index in [4.69, 9.17) is 0 Å². The number of amides is 2. The minimum atomic E-state index is 0.0722. The molecule has 1 aliphatic rings. The summed E-state index contributed by atoms with van der Waals surface area (Å²) in [6.07, 6.45) is 4.15. The van der Waals surface area contributed by atoms with Crippen LogP contribution in [0, 0.1) is 6.92 Å². The van der Waals surface area contributed by atoms with Crippen LogP contribution in [0.1, 0.15) is 18.2 Å². The lowest BCUT2D eigenvalue weighted by Gasteiger charge is -2.34. The number of carbonyl (C=O) groups excluding carboxylic acids is 2. The van der Waals surface area contributed by atoms with E-state index in [1.165, 1.54) is 0 Å². The third kappa shape index (κ3) is 2.81. The highest BCUT2D eigenvalue weighted by Crippen LogP contribution is 2.12. The van der Waals surface area contributed by atoms with Gasteiger partial charge < -0.3 is 14.2 Å². The van der Waals surface area contributed by atoms with Gasteiger partial charge in [-0.3, -0.25) is 9.59 Å². The lowest BCUT2D eigenvalue weighted by atomic mass is 10.2. The summed E-state index contributed by atoms with van der Waals surface area (Å²) in [5, 5.41) is 0. The number of hydrogen-bond acceptors (Lipinski definition) is 3. The first kappa shape index (κ1) is 14.6. The fourth-order valence-corrected chi connectivity index (χ4v) is 2.83. The van der Waals surface area contributed by atoms with Crippen molar-refractivity contribution >= 4 is 17.5 Å². The van der Waals surface area contributed by atoms with Crippen molar-refractivity contribution in [2.24, 2.45) is 0 Å². The second-order valence-electron chi connectivity index (χ2n) is 5.72. The van der Waals surface area contributed by atoms with Crippen molar-refractivity contribution in [3.63, 3.8) is 0 Å². The van der Waals surface area contributed by atoms with E-state index >= 15 is 0 Å². The maximum atomic E-state index is 12.4. The van der Waals surface area contributed by atoms with Crippen LogP contribution in [-0.2, 0) is 16.0 Å². The summed E-state index contributed by atoms with van der Waals surface area (Å²) < 4.78 is 1.95. The molecular weight excluding hydrogens is 280 g/mol. The highest BCUT2D eigenvalue weighted by molar-refractivity contribution is 5.79. The van der Waals surface area contributed by atoms with Gasteiger partial charge in [-0.1, -0.05) is 6.07 Å². The van der Waals surface area contributed by atoms with E-state index in [1.54, 1.807) is 11.8 Å². The number of imidazole rings is 1. The van der Waals surface area contributed by atoms with E-state index in [-0.39, 0.29) is 11.8 Å². The molecule has 116 valence electrons. The second-order valence-corrected chi connectivity index (χ2v) is 5.72. The average Bonchev–Trinajstić information content (AvgIpc) is 2.91. The minimum Gasteiger partial charge on any atom is -0.339 e. The van der Waals surface area contributed by atoms with Gasteiger partial charge in [-0.05, 0) is 18.6 Å². The topological polar surface area (TPSA) is 57.9 Å². The highest BCUT2D eigenvalue weighted by Gasteiger charge is 2.22. The summed E-state index contributed by atoms with van der Waals surface area (Å²) >= 11 is 0. The first-order valence-corrected chi connectivity index (χ1v) is 7.51. The Bertz CT molecular complexity index is 714. The van der Waals surface area contributed by atoms with Gasteiger partial charge in [0.15, 0.2) is 0 Å². The fourth-order valence-electron chi connectivity index (χ4n) is 2.83. The zero-order valence-electron chi connectivity index (χ0n) is 13.0. The van der Waals surface area contributed by atoms with Crippen molar-refractivity contribution in [1.29, 1.82) is 0 Å². The van der Waals surface area contributed by atoms with Crippen LogP contribution in [0.5, 0.6) is 0 Å². The summed E-state index contributed by atoms with van der Waals surface area (Å²) in [6, 6.07) is 3.98. The molecule has 3 heterocycles. The maximum absolute atomic E-state index is 12.4. The number of pyridine rings is 1. The van der Waals surface area contributed by atoms with Crippen LogP contribution in [0.4, 0.5) is 0 Å². The normalized spacial score (nSPS) is 15.4. The Labute approximate surface area is 129 Å². The predicted octanol–water partition coefficient (Wildman–Crippen LogP) is 0.876. The molecule has 0 aliphatic carbocycles. The monoisotopic (exact) mass is 300 g/mol. The molecule has 1 saturated heterocycles. The number of nitrogens with zero attached hydrogens (tertiary/aromatic N) is 4. The van der Waals surface area contributed by atoms with Gasteiger partial charge in [0.1, 0.15) is 5.65 Å². The van der Waals surface area contributed by atoms with Crippen molar-refractivity contribution in [1.82, 2.24) is 19.2 Å². The molecule has 0 unspecified atom stereocenters. The molecular formula is C16H20N4O2. The number of piperazine rings is 1. The first-order valence-electron chi connectivity index (χ1n) is 7.51. The molecule has 0 spiro atoms. The molecule has 2 aromatic heterocycles. The zero-order valence-corrected chi connectivity index (χ0v) is 13.0. The average molecular weight is 300 g/mol. The largest absolute Gasteiger partial charge is 0.339 e. The van der Waals surface area contributed by atoms with Crippen LogP contribution in [0.3, 0.4) is 0 Å². The number of carbonyl (C=O) groups is 2. The van der Waals surface area contributed by atoms with Crippen LogP contribution in [-0.4, -0.2) is 57.2 Å². The molecule has 22 heavy (non-hydrogen) atoms. The van der Waals surface area contributed by atoms with Gasteiger partial charge in [-0.2, -0.15) is 0 Å². The number of aryl methyl sites for hydroxylation is 1. The SMILES string of the molecule is CC(=O)N1CCN(C(=O)Cc2cn3cccc(C)c3n2)CC1. The van der Waals surface area contributed by atoms with E-state index in [0.717, 1.165) is 16.9 Å². The van der Waals surface area contributed by atoms with Gasteiger partial charge in [0, 0.05) is 45.5 Å². The lowest BCUT2D eigenvalue weighted by molar-refractivity contribution is -0.138. The number of rotatable bonds is 2. The number of fused-ring (bicyclic) bond motifs is 1. The van der Waals surface area contributed by atoms with Crippen molar-refractivity contribution in [3.8, 4) is 0 Å². The van der Waals surface area contributed by atoms with E-state index in [1.807, 2.05) is 40.8 Å². The fraction of sp³-hybridized carbons (Fsp3) is 0.438. The summed E-state index contributed by atoms with van der Waals surface area (Å²) in [5.74, 6) is 0.146. The zero-order chi connectivity index (χ0) is 15.7. The Balaban J connectivity index is 1.66. The quantitative estimate of drug-likeness (QED) is 0.827. The lowest BCUT2D eigenvalue weighted by Crippen LogP contribution is -2.50. The van der Waals surface area contributed by atoms with Crippen LogP contribution < -0.4 is 0 Å². The van der Waals surface area contributed by atoms with E-state index < -0.39 is 0 Å². The Morgan fingerprint density at radius 1 is 1.18 bits per heavy atom. The minimum absolute atomic E-state index is 0.0722. The van der Waals surface area contributed by atoms with Crippen molar-refractivity contribution in [2.45, 2.75) is 20.3 Å². The van der Waals surface area contributed by atoms with E-state index in [2.05, 4.69) is 4.98 Å². The molecule has 0 N–H and O–H groups in total. The Morgan fingerprint density at radius 3 is 2.50 bits per heavy atom. The van der Waals surface area contributed by atoms with Crippen LogP contribution in [0.25, 0.3) is 5.65 Å². The predicted molar refractivity (Wildman–Crippen MR) is 82.5 cm³/mol. The van der Waals surface area contributed by atoms with E-state index in [9.17, 15) is 9.59 Å². The summed E-state index contributed by atoms with van der Waals surface area (Å²) in [4.78, 5) is 31.8. The van der Waals surface area contributed by atoms with E-state index in [0.29, 0.717) is 32.6 Å². The van der Waals surface area contributed by atoms with Gasteiger partial charge in [0.25, 0.3) is 0 Å². The van der Waals surface area contributed by atoms with Crippen molar-refractivity contribution in [2.75, 3.05) is 26.2 Å². The van der Waals surface area contributed by atoms with Crippen LogP contribution in [0.15, 0.2) is 24.5 Å². The second kappa shape index (κ2) is 5.79. The molecule has 3 rings (SSSR count). The summed E-state index contributed by atoms with van der Waals surface area (Å²) in [7, 11) is 0. The molecule has 0 atom stereocenters. The van der Waals surface area contributed by atoms with Crippen LogP contribution >= 0.6 is 0 Å². The molecule has 1 aliphatic heterocycles. The Kier molecular flexibility index (Phi) is 3.83. The molecule has 0 radical (unpaired) electrons. The molecule has 2 amide bonds. The molecule has 0 aromatic carbocycles. The molecule has 6 nitrogen and oxygen atoms in total. The highest BCUT2D eigenvalue weighted by atomic mass is 16.2. The maximum Gasteiger partial charge on any atom is 0.228 e. The molecule has 6 heteroatoms. The molecule has 0 saturated carbocycles. The third-order valence-electron chi connectivity index (χ3n) is 4.14. The van der Waals surface area contributed by atoms with Gasteiger partial charge in [0.2, 0.25) is 11.8 Å². The van der Waals surface area contributed by atoms with Gasteiger partial charge in [-0.25, -0.2) is 4.98 Å². The number of hydrogen-bond donors (Lipinski definition) is 0. The van der Waals surface area contributed by atoms with Crippen LogP contribution in [0.2, 0.25) is 0 Å². The third-order valence-corrected chi connectivity index (χ3v) is 4.14.